The summed E-state index contributed by atoms with van der Waals surface area (Å²) in [5.74, 6) is -0.0413. The molecule has 1 atom stereocenters. The smallest absolute Gasteiger partial charge is 0.255 e. The van der Waals surface area contributed by atoms with Crippen molar-refractivity contribution in [2.24, 2.45) is 0 Å². The molecule has 0 saturated heterocycles. The zero-order valence-electron chi connectivity index (χ0n) is 13.2. The summed E-state index contributed by atoms with van der Waals surface area (Å²) in [6.45, 7) is 8.71. The van der Waals surface area contributed by atoms with Gasteiger partial charge < -0.3 is 5.32 Å². The number of aryl methyl sites for hydroxylation is 2. The SMILES string of the molecule is CCC(NC(=O)c1c(C)nn(CC)c1C)c1ccccc1. The average Bonchev–Trinajstić information content (AvgIpc) is 2.79. The normalized spacial score (nSPS) is 12.2. The van der Waals surface area contributed by atoms with E-state index in [2.05, 4.69) is 17.3 Å². The van der Waals surface area contributed by atoms with Crippen LogP contribution >= 0.6 is 0 Å². The van der Waals surface area contributed by atoms with Crippen LogP contribution in [0.2, 0.25) is 0 Å². The second-order valence-electron chi connectivity index (χ2n) is 5.21. The van der Waals surface area contributed by atoms with Gasteiger partial charge in [-0.25, -0.2) is 0 Å². The van der Waals surface area contributed by atoms with E-state index in [0.717, 1.165) is 29.9 Å². The standard InChI is InChI=1S/C17H23N3O/c1-5-15(14-10-8-7-9-11-14)18-17(21)16-12(3)19-20(6-2)13(16)4/h7-11,15H,5-6H2,1-4H3,(H,18,21). The molecule has 2 rings (SSSR count). The van der Waals surface area contributed by atoms with Crippen LogP contribution in [0.4, 0.5) is 0 Å². The van der Waals surface area contributed by atoms with E-state index in [0.29, 0.717) is 5.56 Å². The van der Waals surface area contributed by atoms with Gasteiger partial charge in [0.05, 0.1) is 17.3 Å². The van der Waals surface area contributed by atoms with E-state index in [1.54, 1.807) is 0 Å². The van der Waals surface area contributed by atoms with E-state index in [1.165, 1.54) is 0 Å². The van der Waals surface area contributed by atoms with Crippen molar-refractivity contribution in [3.63, 3.8) is 0 Å². The first kappa shape index (κ1) is 15.3. The van der Waals surface area contributed by atoms with E-state index < -0.39 is 0 Å². The van der Waals surface area contributed by atoms with Gasteiger partial charge >= 0.3 is 0 Å². The Morgan fingerprint density at radius 1 is 1.24 bits per heavy atom. The number of carbonyl (C=O) groups is 1. The molecule has 21 heavy (non-hydrogen) atoms. The molecule has 0 saturated carbocycles. The molecule has 0 fully saturated rings. The third-order valence-corrected chi connectivity index (χ3v) is 3.82. The van der Waals surface area contributed by atoms with E-state index in [1.807, 2.05) is 55.8 Å². The summed E-state index contributed by atoms with van der Waals surface area (Å²) >= 11 is 0. The van der Waals surface area contributed by atoms with E-state index >= 15 is 0 Å². The van der Waals surface area contributed by atoms with Crippen molar-refractivity contribution in [2.75, 3.05) is 0 Å². The summed E-state index contributed by atoms with van der Waals surface area (Å²) in [6.07, 6.45) is 0.857. The lowest BCUT2D eigenvalue weighted by Gasteiger charge is -2.17. The molecule has 0 aliphatic carbocycles. The Morgan fingerprint density at radius 2 is 1.90 bits per heavy atom. The van der Waals surface area contributed by atoms with Crippen LogP contribution < -0.4 is 5.32 Å². The Hall–Kier alpha value is -2.10. The number of amides is 1. The minimum absolute atomic E-state index is 0.0301. The largest absolute Gasteiger partial charge is 0.345 e. The third-order valence-electron chi connectivity index (χ3n) is 3.82. The van der Waals surface area contributed by atoms with Gasteiger partial charge in [-0.2, -0.15) is 5.10 Å². The molecular formula is C17H23N3O. The highest BCUT2D eigenvalue weighted by Gasteiger charge is 2.20. The predicted octanol–water partition coefficient (Wildman–Crippen LogP) is 3.40. The second-order valence-corrected chi connectivity index (χ2v) is 5.21. The van der Waals surface area contributed by atoms with Crippen molar-refractivity contribution in [1.29, 1.82) is 0 Å². The van der Waals surface area contributed by atoms with Crippen molar-refractivity contribution in [2.45, 2.75) is 46.7 Å². The Bertz CT molecular complexity index is 616. The zero-order valence-corrected chi connectivity index (χ0v) is 13.2. The molecule has 0 bridgehead atoms. The predicted molar refractivity (Wildman–Crippen MR) is 84.3 cm³/mol. The molecular weight excluding hydrogens is 262 g/mol. The monoisotopic (exact) mass is 285 g/mol. The highest BCUT2D eigenvalue weighted by atomic mass is 16.1. The van der Waals surface area contributed by atoms with Crippen LogP contribution in [-0.4, -0.2) is 15.7 Å². The second kappa shape index (κ2) is 6.57. The van der Waals surface area contributed by atoms with Crippen molar-refractivity contribution < 1.29 is 4.79 Å². The number of hydrogen-bond acceptors (Lipinski definition) is 2. The fraction of sp³-hybridized carbons (Fsp3) is 0.412. The summed E-state index contributed by atoms with van der Waals surface area (Å²) in [6, 6.07) is 10.1. The third kappa shape index (κ3) is 3.15. The summed E-state index contributed by atoms with van der Waals surface area (Å²) in [5.41, 5.74) is 3.54. The first-order chi connectivity index (χ1) is 10.1. The minimum atomic E-state index is -0.0413. The highest BCUT2D eigenvalue weighted by Crippen LogP contribution is 2.19. The Labute approximate surface area is 126 Å². The summed E-state index contributed by atoms with van der Waals surface area (Å²) in [7, 11) is 0. The molecule has 112 valence electrons. The minimum Gasteiger partial charge on any atom is -0.345 e. The fourth-order valence-corrected chi connectivity index (χ4v) is 2.67. The van der Waals surface area contributed by atoms with Crippen LogP contribution in [0.25, 0.3) is 0 Å². The van der Waals surface area contributed by atoms with Crippen molar-refractivity contribution in [3.8, 4) is 0 Å². The number of rotatable bonds is 5. The number of aromatic nitrogens is 2. The Balaban J connectivity index is 2.23. The van der Waals surface area contributed by atoms with Crippen LogP contribution in [0.15, 0.2) is 30.3 Å². The van der Waals surface area contributed by atoms with E-state index in [9.17, 15) is 4.79 Å². The van der Waals surface area contributed by atoms with Gasteiger partial charge in [0.1, 0.15) is 0 Å². The molecule has 1 amide bonds. The van der Waals surface area contributed by atoms with Crippen LogP contribution in [0.5, 0.6) is 0 Å². The quantitative estimate of drug-likeness (QED) is 0.915. The average molecular weight is 285 g/mol. The number of carbonyl (C=O) groups excluding carboxylic acids is 1. The number of nitrogens with zero attached hydrogens (tertiary/aromatic N) is 2. The van der Waals surface area contributed by atoms with Gasteiger partial charge in [-0.1, -0.05) is 37.3 Å². The maximum atomic E-state index is 12.6. The zero-order chi connectivity index (χ0) is 15.4. The van der Waals surface area contributed by atoms with Gasteiger partial charge in [0.25, 0.3) is 5.91 Å². The molecule has 0 radical (unpaired) electrons. The molecule has 4 heteroatoms. The molecule has 0 aliphatic rings. The molecule has 1 heterocycles. The molecule has 1 unspecified atom stereocenters. The molecule has 2 aromatic rings. The molecule has 4 nitrogen and oxygen atoms in total. The maximum Gasteiger partial charge on any atom is 0.255 e. The number of benzene rings is 1. The van der Waals surface area contributed by atoms with Gasteiger partial charge in [0, 0.05) is 12.2 Å². The first-order valence-electron chi connectivity index (χ1n) is 7.48. The van der Waals surface area contributed by atoms with Crippen LogP contribution in [0.3, 0.4) is 0 Å². The number of nitrogens with one attached hydrogen (secondary N) is 1. The van der Waals surface area contributed by atoms with Crippen molar-refractivity contribution in [1.82, 2.24) is 15.1 Å². The van der Waals surface area contributed by atoms with Crippen molar-refractivity contribution >= 4 is 5.91 Å². The van der Waals surface area contributed by atoms with Gasteiger partial charge in [0.15, 0.2) is 0 Å². The highest BCUT2D eigenvalue weighted by molar-refractivity contribution is 5.96. The topological polar surface area (TPSA) is 46.9 Å². The fourth-order valence-electron chi connectivity index (χ4n) is 2.67. The maximum absolute atomic E-state index is 12.6. The Morgan fingerprint density at radius 3 is 2.43 bits per heavy atom. The Kier molecular flexibility index (Phi) is 4.78. The number of hydrogen-bond donors (Lipinski definition) is 1. The van der Waals surface area contributed by atoms with Gasteiger partial charge in [-0.05, 0) is 32.8 Å². The summed E-state index contributed by atoms with van der Waals surface area (Å²) in [5, 5.41) is 7.54. The van der Waals surface area contributed by atoms with E-state index in [-0.39, 0.29) is 11.9 Å². The van der Waals surface area contributed by atoms with Crippen LogP contribution in [-0.2, 0) is 6.54 Å². The first-order valence-corrected chi connectivity index (χ1v) is 7.48. The van der Waals surface area contributed by atoms with Gasteiger partial charge in [0.2, 0.25) is 0 Å². The van der Waals surface area contributed by atoms with Gasteiger partial charge in [-0.15, -0.1) is 0 Å². The molecule has 1 aromatic carbocycles. The van der Waals surface area contributed by atoms with Crippen LogP contribution in [0.1, 0.15) is 53.6 Å². The van der Waals surface area contributed by atoms with E-state index in [4.69, 9.17) is 0 Å². The van der Waals surface area contributed by atoms with Crippen LogP contribution in [0, 0.1) is 13.8 Å². The lowest BCUT2D eigenvalue weighted by molar-refractivity contribution is 0.0934. The molecule has 1 N–H and O–H groups in total. The molecule has 0 aliphatic heterocycles. The molecule has 1 aromatic heterocycles. The summed E-state index contributed by atoms with van der Waals surface area (Å²) < 4.78 is 1.87. The molecule has 0 spiro atoms. The lowest BCUT2D eigenvalue weighted by atomic mass is 10.0. The summed E-state index contributed by atoms with van der Waals surface area (Å²) in [4.78, 5) is 12.6. The lowest BCUT2D eigenvalue weighted by Crippen LogP contribution is -2.29. The van der Waals surface area contributed by atoms with Crippen molar-refractivity contribution in [3.05, 3.63) is 52.8 Å². The van der Waals surface area contributed by atoms with Gasteiger partial charge in [-0.3, -0.25) is 9.48 Å².